The van der Waals surface area contributed by atoms with Crippen molar-refractivity contribution >= 4 is 5.97 Å². The van der Waals surface area contributed by atoms with Crippen LogP contribution in [0.5, 0.6) is 0 Å². The Balaban J connectivity index is 1.80. The van der Waals surface area contributed by atoms with Crippen LogP contribution in [0, 0.1) is 0 Å². The number of carbonyl (C=O) groups is 1. The van der Waals surface area contributed by atoms with E-state index in [9.17, 15) is 4.79 Å². The molecule has 0 saturated carbocycles. The first-order chi connectivity index (χ1) is 9.02. The van der Waals surface area contributed by atoms with Crippen molar-refractivity contribution in [2.24, 2.45) is 0 Å². The highest BCUT2D eigenvalue weighted by molar-refractivity contribution is 5.68. The largest absolute Gasteiger partial charge is 0.481 e. The Kier molecular flexibility index (Phi) is 4.78. The maximum Gasteiger partial charge on any atom is 0.305 e. The first-order valence-electron chi connectivity index (χ1n) is 7.06. The van der Waals surface area contributed by atoms with Crippen molar-refractivity contribution in [3.63, 3.8) is 0 Å². The molecule has 2 fully saturated rings. The number of hydrogen-bond acceptors (Lipinski definition) is 5. The number of likely N-dealkylation sites (N-methyl/N-ethyl adjacent to an activating group) is 1. The van der Waals surface area contributed by atoms with E-state index in [4.69, 9.17) is 5.11 Å². The van der Waals surface area contributed by atoms with Gasteiger partial charge in [0.05, 0.1) is 12.0 Å². The summed E-state index contributed by atoms with van der Waals surface area (Å²) in [5.41, 5.74) is -0.126. The van der Waals surface area contributed by atoms with Gasteiger partial charge in [-0.15, -0.1) is 0 Å². The second-order valence-corrected chi connectivity index (χ2v) is 6.03. The van der Waals surface area contributed by atoms with Gasteiger partial charge in [0.1, 0.15) is 0 Å². The summed E-state index contributed by atoms with van der Waals surface area (Å²) in [5.74, 6) is -0.684. The van der Waals surface area contributed by atoms with Gasteiger partial charge in [0.15, 0.2) is 0 Å². The zero-order valence-electron chi connectivity index (χ0n) is 12.1. The number of rotatable bonds is 6. The first kappa shape index (κ1) is 14.7. The average molecular weight is 270 g/mol. The lowest BCUT2D eigenvalue weighted by Crippen LogP contribution is -2.72. The van der Waals surface area contributed by atoms with Gasteiger partial charge in [-0.3, -0.25) is 14.6 Å². The maximum atomic E-state index is 11.0. The number of piperazine rings is 1. The van der Waals surface area contributed by atoms with Gasteiger partial charge in [0.2, 0.25) is 0 Å². The molecule has 0 unspecified atom stereocenters. The lowest BCUT2D eigenvalue weighted by atomic mass is 9.86. The van der Waals surface area contributed by atoms with Crippen molar-refractivity contribution in [3.05, 3.63) is 0 Å². The van der Waals surface area contributed by atoms with Crippen molar-refractivity contribution in [2.75, 3.05) is 66.5 Å². The zero-order chi connectivity index (χ0) is 13.9. The highest BCUT2D eigenvalue weighted by Gasteiger charge is 2.44. The van der Waals surface area contributed by atoms with Crippen molar-refractivity contribution < 1.29 is 9.90 Å². The van der Waals surface area contributed by atoms with Crippen LogP contribution in [0.25, 0.3) is 0 Å². The van der Waals surface area contributed by atoms with Gasteiger partial charge in [0, 0.05) is 52.4 Å². The average Bonchev–Trinajstić information content (AvgIpc) is 2.32. The molecular formula is C13H26N4O2. The van der Waals surface area contributed by atoms with E-state index in [0.717, 1.165) is 52.4 Å². The minimum absolute atomic E-state index is 0.126. The fourth-order valence-electron chi connectivity index (χ4n) is 2.94. The molecule has 2 aliphatic heterocycles. The molecule has 2 saturated heterocycles. The summed E-state index contributed by atoms with van der Waals surface area (Å²) in [6, 6.07) is 0. The van der Waals surface area contributed by atoms with Crippen molar-refractivity contribution in [2.45, 2.75) is 12.0 Å². The zero-order valence-corrected chi connectivity index (χ0v) is 12.1. The van der Waals surface area contributed by atoms with Crippen molar-refractivity contribution in [1.29, 1.82) is 0 Å². The molecular weight excluding hydrogens is 244 g/mol. The molecule has 0 aromatic heterocycles. The van der Waals surface area contributed by atoms with Crippen LogP contribution in [-0.4, -0.2) is 97.8 Å². The minimum atomic E-state index is -0.684. The van der Waals surface area contributed by atoms with Gasteiger partial charge in [0.25, 0.3) is 0 Å². The normalized spacial score (nSPS) is 24.4. The summed E-state index contributed by atoms with van der Waals surface area (Å²) >= 11 is 0. The topological polar surface area (TPSA) is 59.0 Å². The molecule has 0 amide bonds. The van der Waals surface area contributed by atoms with Gasteiger partial charge >= 0.3 is 5.97 Å². The van der Waals surface area contributed by atoms with E-state index in [1.54, 1.807) is 0 Å². The molecule has 110 valence electrons. The number of hydrogen-bond donors (Lipinski definition) is 2. The van der Waals surface area contributed by atoms with E-state index in [0.29, 0.717) is 0 Å². The monoisotopic (exact) mass is 270 g/mol. The molecule has 0 aromatic rings. The Morgan fingerprint density at radius 2 is 1.89 bits per heavy atom. The van der Waals surface area contributed by atoms with Gasteiger partial charge in [-0.25, -0.2) is 0 Å². The molecule has 0 aliphatic carbocycles. The van der Waals surface area contributed by atoms with Crippen LogP contribution in [0.15, 0.2) is 0 Å². The predicted octanol–water partition coefficient (Wildman–Crippen LogP) is -1.02. The van der Waals surface area contributed by atoms with E-state index >= 15 is 0 Å². The molecule has 2 rings (SSSR count). The van der Waals surface area contributed by atoms with Crippen molar-refractivity contribution in [3.8, 4) is 0 Å². The molecule has 19 heavy (non-hydrogen) atoms. The van der Waals surface area contributed by atoms with Gasteiger partial charge in [-0.05, 0) is 14.1 Å². The third-order valence-corrected chi connectivity index (χ3v) is 4.29. The Morgan fingerprint density at radius 3 is 2.32 bits per heavy atom. The summed E-state index contributed by atoms with van der Waals surface area (Å²) in [6.07, 6.45) is 0.262. The molecule has 2 heterocycles. The number of carboxylic acid groups (broad SMARTS) is 1. The number of aliphatic carboxylic acids is 1. The van der Waals surface area contributed by atoms with Gasteiger partial charge in [-0.2, -0.15) is 0 Å². The molecule has 0 spiro atoms. The van der Waals surface area contributed by atoms with E-state index in [1.807, 2.05) is 0 Å². The number of nitrogens with one attached hydrogen (secondary N) is 1. The predicted molar refractivity (Wildman–Crippen MR) is 74.4 cm³/mol. The van der Waals surface area contributed by atoms with E-state index in [2.05, 4.69) is 34.1 Å². The lowest BCUT2D eigenvalue weighted by molar-refractivity contribution is -0.142. The molecule has 6 nitrogen and oxygen atoms in total. The van der Waals surface area contributed by atoms with Crippen LogP contribution in [0.4, 0.5) is 0 Å². The molecule has 0 aromatic carbocycles. The Morgan fingerprint density at radius 1 is 1.26 bits per heavy atom. The SMILES string of the molecule is CN(C)CCN1CCN(C2(CC(=O)O)CNC2)CC1. The maximum absolute atomic E-state index is 11.0. The first-order valence-corrected chi connectivity index (χ1v) is 7.06. The Hall–Kier alpha value is -0.690. The molecule has 0 atom stereocenters. The third-order valence-electron chi connectivity index (χ3n) is 4.29. The minimum Gasteiger partial charge on any atom is -0.481 e. The van der Waals surface area contributed by atoms with Gasteiger partial charge < -0.3 is 15.3 Å². The smallest absolute Gasteiger partial charge is 0.305 e. The fourth-order valence-corrected chi connectivity index (χ4v) is 2.94. The third kappa shape index (κ3) is 3.66. The molecule has 2 aliphatic rings. The second kappa shape index (κ2) is 6.17. The van der Waals surface area contributed by atoms with Crippen LogP contribution in [0.2, 0.25) is 0 Å². The highest BCUT2D eigenvalue weighted by atomic mass is 16.4. The van der Waals surface area contributed by atoms with Crippen LogP contribution in [-0.2, 0) is 4.79 Å². The second-order valence-electron chi connectivity index (χ2n) is 6.03. The molecule has 6 heteroatoms. The quantitative estimate of drug-likeness (QED) is 0.644. The summed E-state index contributed by atoms with van der Waals surface area (Å²) in [6.45, 7) is 7.90. The molecule has 2 N–H and O–H groups in total. The van der Waals surface area contributed by atoms with Crippen LogP contribution >= 0.6 is 0 Å². The summed E-state index contributed by atoms with van der Waals surface area (Å²) in [4.78, 5) is 18.1. The molecule has 0 bridgehead atoms. The standard InChI is InChI=1S/C13H26N4O2/c1-15(2)3-4-16-5-7-17(8-6-16)13(9-12(18)19)10-14-11-13/h14H,3-11H2,1-2H3,(H,18,19). The summed E-state index contributed by atoms with van der Waals surface area (Å²) < 4.78 is 0. The van der Waals surface area contributed by atoms with E-state index in [-0.39, 0.29) is 12.0 Å². The van der Waals surface area contributed by atoms with Gasteiger partial charge in [-0.1, -0.05) is 0 Å². The Bertz CT molecular complexity index is 310. The Labute approximate surface area is 115 Å². The van der Waals surface area contributed by atoms with Crippen LogP contribution < -0.4 is 5.32 Å². The number of carboxylic acids is 1. The van der Waals surface area contributed by atoms with E-state index in [1.165, 1.54) is 0 Å². The summed E-state index contributed by atoms with van der Waals surface area (Å²) in [7, 11) is 4.19. The highest BCUT2D eigenvalue weighted by Crippen LogP contribution is 2.26. The molecule has 0 radical (unpaired) electrons. The lowest BCUT2D eigenvalue weighted by Gasteiger charge is -2.52. The number of nitrogens with zero attached hydrogens (tertiary/aromatic N) is 3. The van der Waals surface area contributed by atoms with E-state index < -0.39 is 5.97 Å². The van der Waals surface area contributed by atoms with Crippen LogP contribution in [0.1, 0.15) is 6.42 Å². The summed E-state index contributed by atoms with van der Waals surface area (Å²) in [5, 5.41) is 12.3. The fraction of sp³-hybridized carbons (Fsp3) is 0.923. The van der Waals surface area contributed by atoms with Crippen molar-refractivity contribution in [1.82, 2.24) is 20.0 Å². The van der Waals surface area contributed by atoms with Crippen LogP contribution in [0.3, 0.4) is 0 Å².